The number of benzene rings is 2. The number of carbonyl (C=O) groups excluding carboxylic acids is 2. The van der Waals surface area contributed by atoms with Crippen LogP contribution in [0.4, 0.5) is 5.82 Å². The van der Waals surface area contributed by atoms with E-state index in [9.17, 15) is 9.59 Å². The van der Waals surface area contributed by atoms with Crippen LogP contribution < -0.4 is 5.32 Å². The monoisotopic (exact) mass is 319 g/mol. The highest BCUT2D eigenvalue weighted by molar-refractivity contribution is 5.97. The van der Waals surface area contributed by atoms with E-state index in [0.29, 0.717) is 18.6 Å². The molecule has 0 atom stereocenters. The number of ketones is 1. The fourth-order valence-corrected chi connectivity index (χ4v) is 2.51. The minimum Gasteiger partial charge on any atom is -0.314 e. The highest BCUT2D eigenvalue weighted by Gasteiger charge is 2.09. The number of rotatable bonds is 6. The summed E-state index contributed by atoms with van der Waals surface area (Å²) in [7, 11) is 1.77. The zero-order valence-corrected chi connectivity index (χ0v) is 13.3. The van der Waals surface area contributed by atoms with Crippen molar-refractivity contribution in [3.63, 3.8) is 0 Å². The number of amides is 1. The molecule has 120 valence electrons. The molecular formula is C19H17N3O2. The van der Waals surface area contributed by atoms with E-state index in [0.717, 1.165) is 22.4 Å². The highest BCUT2D eigenvalue weighted by atomic mass is 16.1. The first kappa shape index (κ1) is 15.7. The van der Waals surface area contributed by atoms with Gasteiger partial charge in [-0.1, -0.05) is 54.6 Å². The number of aryl methyl sites for hydroxylation is 1. The lowest BCUT2D eigenvalue weighted by atomic mass is 10.0. The predicted molar refractivity (Wildman–Crippen MR) is 92.8 cm³/mol. The van der Waals surface area contributed by atoms with Crippen molar-refractivity contribution in [2.24, 2.45) is 7.05 Å². The lowest BCUT2D eigenvalue weighted by Gasteiger charge is -2.03. The summed E-state index contributed by atoms with van der Waals surface area (Å²) in [4.78, 5) is 22.8. The van der Waals surface area contributed by atoms with E-state index in [2.05, 4.69) is 10.4 Å². The van der Waals surface area contributed by atoms with Crippen LogP contribution >= 0.6 is 0 Å². The summed E-state index contributed by atoms with van der Waals surface area (Å²) in [5, 5.41) is 6.96. The van der Waals surface area contributed by atoms with Crippen molar-refractivity contribution in [1.29, 1.82) is 0 Å². The Morgan fingerprint density at radius 1 is 1.12 bits per heavy atom. The second-order valence-corrected chi connectivity index (χ2v) is 5.46. The summed E-state index contributed by atoms with van der Waals surface area (Å²) in [5.41, 5.74) is 3.37. The van der Waals surface area contributed by atoms with Gasteiger partial charge in [0.05, 0.1) is 5.69 Å². The summed E-state index contributed by atoms with van der Waals surface area (Å²) in [5.74, 6) is 0.724. The van der Waals surface area contributed by atoms with Crippen LogP contribution in [0.1, 0.15) is 15.9 Å². The zero-order valence-electron chi connectivity index (χ0n) is 13.3. The number of nitrogens with zero attached hydrogens (tertiary/aromatic N) is 2. The predicted octanol–water partition coefficient (Wildman–Crippen LogP) is 3.08. The van der Waals surface area contributed by atoms with E-state index < -0.39 is 0 Å². The number of hydrogen-bond donors (Lipinski definition) is 1. The molecule has 1 aromatic heterocycles. The molecule has 3 aromatic rings. The molecule has 24 heavy (non-hydrogen) atoms. The molecule has 0 aliphatic rings. The van der Waals surface area contributed by atoms with Gasteiger partial charge in [-0.15, -0.1) is 0 Å². The smallest absolute Gasteiger partial charge is 0.212 e. The first-order chi connectivity index (χ1) is 11.7. The maximum Gasteiger partial charge on any atom is 0.212 e. The summed E-state index contributed by atoms with van der Waals surface area (Å²) in [6.45, 7) is 0. The molecule has 1 amide bonds. The summed E-state index contributed by atoms with van der Waals surface area (Å²) in [6, 6.07) is 18.8. The second kappa shape index (κ2) is 6.91. The number of carbonyl (C=O) groups is 2. The fraction of sp³-hybridized carbons (Fsp3) is 0.105. The first-order valence-corrected chi connectivity index (χ1v) is 7.59. The number of Topliss-reactive ketones (excluding diaryl/α,β-unsaturated/α-hetero) is 1. The van der Waals surface area contributed by atoms with Gasteiger partial charge in [0.25, 0.3) is 0 Å². The average Bonchev–Trinajstić information content (AvgIpc) is 2.97. The van der Waals surface area contributed by atoms with Crippen molar-refractivity contribution in [2.45, 2.75) is 6.42 Å². The molecule has 5 nitrogen and oxygen atoms in total. The van der Waals surface area contributed by atoms with Gasteiger partial charge in [-0.3, -0.25) is 14.3 Å². The average molecular weight is 319 g/mol. The Morgan fingerprint density at radius 3 is 2.50 bits per heavy atom. The topological polar surface area (TPSA) is 64.0 Å². The molecule has 0 radical (unpaired) electrons. The normalized spacial score (nSPS) is 10.4. The van der Waals surface area contributed by atoms with Crippen molar-refractivity contribution in [3.05, 3.63) is 71.8 Å². The van der Waals surface area contributed by atoms with Gasteiger partial charge in [0.1, 0.15) is 5.82 Å². The van der Waals surface area contributed by atoms with Gasteiger partial charge < -0.3 is 5.32 Å². The Bertz CT molecular complexity index is 852. The third-order valence-corrected chi connectivity index (χ3v) is 3.80. The molecule has 0 aliphatic heterocycles. The molecule has 1 N–H and O–H groups in total. The summed E-state index contributed by atoms with van der Waals surface area (Å²) >= 11 is 0. The Hall–Kier alpha value is -3.21. The van der Waals surface area contributed by atoms with E-state index in [1.807, 2.05) is 54.6 Å². The van der Waals surface area contributed by atoms with Gasteiger partial charge in [-0.2, -0.15) is 5.10 Å². The third kappa shape index (κ3) is 3.41. The number of nitrogens with one attached hydrogen (secondary N) is 1. The van der Waals surface area contributed by atoms with Crippen LogP contribution in [0.25, 0.3) is 11.3 Å². The van der Waals surface area contributed by atoms with Crippen molar-refractivity contribution in [2.75, 3.05) is 5.32 Å². The van der Waals surface area contributed by atoms with E-state index in [1.54, 1.807) is 17.8 Å². The molecule has 0 saturated carbocycles. The number of hydrogen-bond acceptors (Lipinski definition) is 3. The molecule has 5 heteroatoms. The second-order valence-electron chi connectivity index (χ2n) is 5.46. The van der Waals surface area contributed by atoms with Crippen molar-refractivity contribution >= 4 is 18.0 Å². The Morgan fingerprint density at radius 2 is 1.83 bits per heavy atom. The molecule has 2 aromatic carbocycles. The van der Waals surface area contributed by atoms with Crippen LogP contribution in [0.2, 0.25) is 0 Å². The van der Waals surface area contributed by atoms with Crippen LogP contribution in [-0.2, 0) is 18.3 Å². The summed E-state index contributed by atoms with van der Waals surface area (Å²) < 4.78 is 1.61. The van der Waals surface area contributed by atoms with Crippen LogP contribution in [0.3, 0.4) is 0 Å². The molecule has 3 rings (SSSR count). The Balaban J connectivity index is 1.75. The molecular weight excluding hydrogens is 302 g/mol. The zero-order chi connectivity index (χ0) is 16.9. The standard InChI is InChI=1S/C19H17N3O2/c1-22-19(20-13-23)12-17(21-22)15-9-7-14(8-10-15)11-18(24)16-5-3-2-4-6-16/h2-10,12-13H,11H2,1H3,(H,20,23). The molecule has 0 aliphatic carbocycles. The van der Waals surface area contributed by atoms with Gasteiger partial charge >= 0.3 is 0 Å². The largest absolute Gasteiger partial charge is 0.314 e. The SMILES string of the molecule is Cn1nc(-c2ccc(CC(=O)c3ccccc3)cc2)cc1NC=O. The van der Waals surface area contributed by atoms with E-state index in [-0.39, 0.29) is 5.78 Å². The maximum absolute atomic E-state index is 12.2. The Kier molecular flexibility index (Phi) is 4.52. The van der Waals surface area contributed by atoms with Gasteiger partial charge in [0.2, 0.25) is 6.41 Å². The quantitative estimate of drug-likeness (QED) is 0.561. The minimum atomic E-state index is 0.0960. The number of anilines is 1. The van der Waals surface area contributed by atoms with Crippen molar-refractivity contribution < 1.29 is 9.59 Å². The lowest BCUT2D eigenvalue weighted by Crippen LogP contribution is -2.03. The van der Waals surface area contributed by atoms with Crippen LogP contribution in [-0.4, -0.2) is 22.0 Å². The third-order valence-electron chi connectivity index (χ3n) is 3.80. The van der Waals surface area contributed by atoms with Gasteiger partial charge in [-0.05, 0) is 5.56 Å². The van der Waals surface area contributed by atoms with Gasteiger partial charge in [0.15, 0.2) is 5.78 Å². The van der Waals surface area contributed by atoms with Crippen LogP contribution in [0.5, 0.6) is 0 Å². The van der Waals surface area contributed by atoms with Gasteiger partial charge in [-0.25, -0.2) is 0 Å². The fourth-order valence-electron chi connectivity index (χ4n) is 2.51. The van der Waals surface area contributed by atoms with Crippen LogP contribution in [0, 0.1) is 0 Å². The first-order valence-electron chi connectivity index (χ1n) is 7.59. The molecule has 1 heterocycles. The van der Waals surface area contributed by atoms with Gasteiger partial charge in [0, 0.05) is 30.7 Å². The minimum absolute atomic E-state index is 0.0960. The molecule has 0 saturated heterocycles. The summed E-state index contributed by atoms with van der Waals surface area (Å²) in [6.07, 6.45) is 0.990. The number of aromatic nitrogens is 2. The van der Waals surface area contributed by atoms with E-state index >= 15 is 0 Å². The van der Waals surface area contributed by atoms with Crippen molar-refractivity contribution in [3.8, 4) is 11.3 Å². The maximum atomic E-state index is 12.2. The molecule has 0 unspecified atom stereocenters. The van der Waals surface area contributed by atoms with Crippen LogP contribution in [0.15, 0.2) is 60.7 Å². The lowest BCUT2D eigenvalue weighted by molar-refractivity contribution is -0.105. The van der Waals surface area contributed by atoms with Crippen molar-refractivity contribution in [1.82, 2.24) is 9.78 Å². The molecule has 0 fully saturated rings. The Labute approximate surface area is 139 Å². The molecule has 0 bridgehead atoms. The highest BCUT2D eigenvalue weighted by Crippen LogP contribution is 2.22. The van der Waals surface area contributed by atoms with E-state index in [1.165, 1.54) is 0 Å². The molecule has 0 spiro atoms. The van der Waals surface area contributed by atoms with E-state index in [4.69, 9.17) is 0 Å².